The summed E-state index contributed by atoms with van der Waals surface area (Å²) in [7, 11) is 0. The SMILES string of the molecule is CC(C)Cc1c(-c2ncccn2)noc1N. The van der Waals surface area contributed by atoms with Crippen LogP contribution >= 0.6 is 0 Å². The number of nitrogens with zero attached hydrogens (tertiary/aromatic N) is 3. The quantitative estimate of drug-likeness (QED) is 0.851. The molecule has 5 nitrogen and oxygen atoms in total. The maximum Gasteiger partial charge on any atom is 0.226 e. The minimum absolute atomic E-state index is 0.358. The van der Waals surface area contributed by atoms with Crippen LogP contribution in [0.4, 0.5) is 5.88 Å². The van der Waals surface area contributed by atoms with Gasteiger partial charge in [-0.2, -0.15) is 0 Å². The molecule has 0 saturated carbocycles. The third kappa shape index (κ3) is 2.03. The summed E-state index contributed by atoms with van der Waals surface area (Å²) >= 11 is 0. The Labute approximate surface area is 93.7 Å². The molecule has 2 rings (SSSR count). The van der Waals surface area contributed by atoms with Crippen molar-refractivity contribution < 1.29 is 4.52 Å². The van der Waals surface area contributed by atoms with E-state index in [1.807, 2.05) is 0 Å². The van der Waals surface area contributed by atoms with Gasteiger partial charge in [0.25, 0.3) is 0 Å². The molecule has 0 fully saturated rings. The molecule has 0 saturated heterocycles. The highest BCUT2D eigenvalue weighted by atomic mass is 16.5. The number of nitrogens with two attached hydrogens (primary N) is 1. The number of aromatic nitrogens is 3. The summed E-state index contributed by atoms with van der Waals surface area (Å²) in [5.74, 6) is 1.39. The lowest BCUT2D eigenvalue weighted by molar-refractivity contribution is 0.437. The van der Waals surface area contributed by atoms with Crippen LogP contribution in [0.15, 0.2) is 23.0 Å². The van der Waals surface area contributed by atoms with Crippen LogP contribution in [0.25, 0.3) is 11.5 Å². The normalized spacial score (nSPS) is 10.9. The monoisotopic (exact) mass is 218 g/mol. The average Bonchev–Trinajstić information content (AvgIpc) is 2.61. The number of rotatable bonds is 3. The van der Waals surface area contributed by atoms with Crippen LogP contribution in [-0.4, -0.2) is 15.1 Å². The Kier molecular flexibility index (Phi) is 2.85. The summed E-state index contributed by atoms with van der Waals surface area (Å²) in [5.41, 5.74) is 7.28. The first kappa shape index (κ1) is 10.6. The Morgan fingerprint density at radius 1 is 1.31 bits per heavy atom. The number of anilines is 1. The third-order valence-electron chi connectivity index (χ3n) is 2.21. The Balaban J connectivity index is 2.42. The van der Waals surface area contributed by atoms with E-state index in [0.29, 0.717) is 23.3 Å². The van der Waals surface area contributed by atoms with Crippen molar-refractivity contribution in [2.75, 3.05) is 5.73 Å². The largest absolute Gasteiger partial charge is 0.367 e. The highest BCUT2D eigenvalue weighted by Crippen LogP contribution is 2.26. The predicted molar refractivity (Wildman–Crippen MR) is 60.5 cm³/mol. The van der Waals surface area contributed by atoms with Crippen molar-refractivity contribution in [3.63, 3.8) is 0 Å². The van der Waals surface area contributed by atoms with Gasteiger partial charge >= 0.3 is 0 Å². The highest BCUT2D eigenvalue weighted by molar-refractivity contribution is 5.60. The van der Waals surface area contributed by atoms with Crippen LogP contribution in [0.2, 0.25) is 0 Å². The molecule has 0 aromatic carbocycles. The third-order valence-corrected chi connectivity index (χ3v) is 2.21. The van der Waals surface area contributed by atoms with Crippen molar-refractivity contribution in [2.24, 2.45) is 5.92 Å². The van der Waals surface area contributed by atoms with Crippen LogP contribution in [-0.2, 0) is 6.42 Å². The summed E-state index contributed by atoms with van der Waals surface area (Å²) in [6.07, 6.45) is 4.15. The lowest BCUT2D eigenvalue weighted by Crippen LogP contribution is -2.00. The second-order valence-electron chi connectivity index (χ2n) is 4.04. The van der Waals surface area contributed by atoms with Gasteiger partial charge in [-0.3, -0.25) is 0 Å². The molecule has 0 bridgehead atoms. The summed E-state index contributed by atoms with van der Waals surface area (Å²) in [4.78, 5) is 8.28. The zero-order chi connectivity index (χ0) is 11.5. The standard InChI is InChI=1S/C11H14N4O/c1-7(2)6-8-9(15-16-10(8)12)11-13-4-3-5-14-11/h3-5,7H,6,12H2,1-2H3. The van der Waals surface area contributed by atoms with Crippen LogP contribution in [0.5, 0.6) is 0 Å². The smallest absolute Gasteiger partial charge is 0.226 e. The molecule has 0 aliphatic carbocycles. The van der Waals surface area contributed by atoms with E-state index in [0.717, 1.165) is 12.0 Å². The van der Waals surface area contributed by atoms with E-state index in [9.17, 15) is 0 Å². The van der Waals surface area contributed by atoms with Crippen LogP contribution in [0.1, 0.15) is 19.4 Å². The molecular weight excluding hydrogens is 204 g/mol. The topological polar surface area (TPSA) is 77.8 Å². The molecule has 0 spiro atoms. The van der Waals surface area contributed by atoms with Gasteiger partial charge in [0.05, 0.1) is 0 Å². The maximum absolute atomic E-state index is 5.74. The van der Waals surface area contributed by atoms with Gasteiger partial charge in [0.2, 0.25) is 5.88 Å². The maximum atomic E-state index is 5.74. The lowest BCUT2D eigenvalue weighted by Gasteiger charge is -2.03. The van der Waals surface area contributed by atoms with Crippen molar-refractivity contribution in [2.45, 2.75) is 20.3 Å². The second-order valence-corrected chi connectivity index (χ2v) is 4.04. The van der Waals surface area contributed by atoms with Crippen molar-refractivity contribution in [3.8, 4) is 11.5 Å². The van der Waals surface area contributed by atoms with E-state index < -0.39 is 0 Å². The van der Waals surface area contributed by atoms with Crippen molar-refractivity contribution in [1.29, 1.82) is 0 Å². The van der Waals surface area contributed by atoms with Crippen LogP contribution < -0.4 is 5.73 Å². The minimum atomic E-state index is 0.358. The predicted octanol–water partition coefficient (Wildman–Crippen LogP) is 1.91. The molecule has 0 atom stereocenters. The van der Waals surface area contributed by atoms with Gasteiger partial charge in [0.1, 0.15) is 0 Å². The first-order valence-electron chi connectivity index (χ1n) is 5.20. The van der Waals surface area contributed by atoms with E-state index in [-0.39, 0.29) is 0 Å². The second kappa shape index (κ2) is 4.30. The first-order chi connectivity index (χ1) is 7.68. The first-order valence-corrected chi connectivity index (χ1v) is 5.20. The summed E-state index contributed by atoms with van der Waals surface area (Å²) in [6, 6.07) is 1.76. The van der Waals surface area contributed by atoms with Gasteiger partial charge in [-0.15, -0.1) is 0 Å². The van der Waals surface area contributed by atoms with Crippen molar-refractivity contribution >= 4 is 5.88 Å². The molecule has 2 aromatic heterocycles. The zero-order valence-corrected chi connectivity index (χ0v) is 9.34. The van der Waals surface area contributed by atoms with Gasteiger partial charge in [0, 0.05) is 18.0 Å². The van der Waals surface area contributed by atoms with E-state index in [4.69, 9.17) is 10.3 Å². The summed E-state index contributed by atoms with van der Waals surface area (Å²) in [5, 5.41) is 3.91. The zero-order valence-electron chi connectivity index (χ0n) is 9.34. The molecule has 0 aliphatic heterocycles. The van der Waals surface area contributed by atoms with Crippen molar-refractivity contribution in [3.05, 3.63) is 24.0 Å². The van der Waals surface area contributed by atoms with Gasteiger partial charge < -0.3 is 10.3 Å². The number of nitrogen functional groups attached to an aromatic ring is 1. The minimum Gasteiger partial charge on any atom is -0.367 e. The lowest BCUT2D eigenvalue weighted by atomic mass is 10.0. The van der Waals surface area contributed by atoms with E-state index in [1.165, 1.54) is 0 Å². The highest BCUT2D eigenvalue weighted by Gasteiger charge is 2.18. The summed E-state index contributed by atoms with van der Waals surface area (Å²) in [6.45, 7) is 4.23. The molecule has 0 unspecified atom stereocenters. The van der Waals surface area contributed by atoms with Gasteiger partial charge in [-0.25, -0.2) is 9.97 Å². The average molecular weight is 218 g/mol. The molecule has 2 N–H and O–H groups in total. The number of hydrogen-bond donors (Lipinski definition) is 1. The van der Waals surface area contributed by atoms with E-state index >= 15 is 0 Å². The Morgan fingerprint density at radius 2 is 2.00 bits per heavy atom. The Morgan fingerprint density at radius 3 is 2.62 bits per heavy atom. The molecule has 2 aromatic rings. The van der Waals surface area contributed by atoms with Gasteiger partial charge in [-0.05, 0) is 18.4 Å². The molecule has 2 heterocycles. The number of hydrogen-bond acceptors (Lipinski definition) is 5. The summed E-state index contributed by atoms with van der Waals surface area (Å²) < 4.78 is 5.00. The Hall–Kier alpha value is -1.91. The molecule has 0 radical (unpaired) electrons. The van der Waals surface area contributed by atoms with E-state index in [1.54, 1.807) is 18.5 Å². The fourth-order valence-corrected chi connectivity index (χ4v) is 1.52. The molecular formula is C11H14N4O. The molecule has 84 valence electrons. The van der Waals surface area contributed by atoms with Crippen LogP contribution in [0.3, 0.4) is 0 Å². The molecule has 16 heavy (non-hydrogen) atoms. The van der Waals surface area contributed by atoms with E-state index in [2.05, 4.69) is 29.0 Å². The molecule has 5 heteroatoms. The van der Waals surface area contributed by atoms with Crippen molar-refractivity contribution in [1.82, 2.24) is 15.1 Å². The van der Waals surface area contributed by atoms with Gasteiger partial charge in [0.15, 0.2) is 11.5 Å². The fraction of sp³-hybridized carbons (Fsp3) is 0.364. The molecule has 0 aliphatic rings. The van der Waals surface area contributed by atoms with Gasteiger partial charge in [-0.1, -0.05) is 19.0 Å². The Bertz CT molecular complexity index is 464. The molecule has 0 amide bonds. The van der Waals surface area contributed by atoms with Crippen LogP contribution in [0, 0.1) is 5.92 Å². The fourth-order valence-electron chi connectivity index (χ4n) is 1.52.